The Balaban J connectivity index is 2.37. The normalized spacial score (nSPS) is 9.94. The summed E-state index contributed by atoms with van der Waals surface area (Å²) in [4.78, 5) is 18.0. The Morgan fingerprint density at radius 2 is 1.82 bits per heavy atom. The molecule has 0 aromatic carbocycles. The van der Waals surface area contributed by atoms with E-state index in [9.17, 15) is 10.1 Å². The Bertz CT molecular complexity index is 557. The van der Waals surface area contributed by atoms with Crippen molar-refractivity contribution in [3.05, 3.63) is 52.6 Å². The molecule has 0 atom stereocenters. The Kier molecular flexibility index (Phi) is 2.95. The van der Waals surface area contributed by atoms with Gasteiger partial charge in [-0.05, 0) is 18.6 Å². The predicted octanol–water partition coefficient (Wildman–Crippen LogP) is 2.49. The molecule has 2 heterocycles. The fraction of sp³-hybridized carbons (Fsp3) is 0.0909. The van der Waals surface area contributed by atoms with E-state index < -0.39 is 4.92 Å². The summed E-state index contributed by atoms with van der Waals surface area (Å²) in [5.41, 5.74) is 0.724. The molecule has 0 radical (unpaired) electrons. The molecule has 6 nitrogen and oxygen atoms in total. The van der Waals surface area contributed by atoms with Crippen molar-refractivity contribution >= 4 is 5.69 Å². The van der Waals surface area contributed by atoms with Gasteiger partial charge in [-0.3, -0.25) is 20.1 Å². The van der Waals surface area contributed by atoms with Crippen LogP contribution in [0.3, 0.4) is 0 Å². The molecule has 0 saturated heterocycles. The Hall–Kier alpha value is -2.50. The van der Waals surface area contributed by atoms with Crippen molar-refractivity contribution in [1.82, 2.24) is 9.97 Å². The largest absolute Gasteiger partial charge is 0.447 e. The molecule has 2 rings (SSSR count). The first kappa shape index (κ1) is 11.0. The maximum Gasteiger partial charge on any atom is 0.314 e. The van der Waals surface area contributed by atoms with E-state index in [1.165, 1.54) is 24.7 Å². The molecule has 0 aliphatic rings. The number of ether oxygens (including phenoxy) is 1. The SMILES string of the molecule is Cc1ccncc1Oc1cnccc1[N+](=O)[O-]. The quantitative estimate of drug-likeness (QED) is 0.599. The van der Waals surface area contributed by atoms with Gasteiger partial charge in [0.2, 0.25) is 5.75 Å². The predicted molar refractivity (Wildman–Crippen MR) is 59.9 cm³/mol. The molecule has 0 fully saturated rings. The topological polar surface area (TPSA) is 78.2 Å². The van der Waals surface area contributed by atoms with Crippen molar-refractivity contribution in [2.75, 3.05) is 0 Å². The van der Waals surface area contributed by atoms with Gasteiger partial charge in [-0.2, -0.15) is 0 Å². The van der Waals surface area contributed by atoms with E-state index in [1.807, 2.05) is 6.92 Å². The zero-order valence-electron chi connectivity index (χ0n) is 9.03. The zero-order valence-corrected chi connectivity index (χ0v) is 9.03. The van der Waals surface area contributed by atoms with Crippen LogP contribution in [0.5, 0.6) is 11.5 Å². The average molecular weight is 231 g/mol. The molecule has 0 aliphatic carbocycles. The van der Waals surface area contributed by atoms with Gasteiger partial charge in [0.1, 0.15) is 5.75 Å². The van der Waals surface area contributed by atoms with Gasteiger partial charge in [0.25, 0.3) is 0 Å². The summed E-state index contributed by atoms with van der Waals surface area (Å²) in [6.45, 7) is 1.83. The third kappa shape index (κ3) is 2.36. The molecule has 0 aliphatic heterocycles. The minimum atomic E-state index is -0.511. The molecule has 6 heteroatoms. The van der Waals surface area contributed by atoms with Gasteiger partial charge in [-0.15, -0.1) is 0 Å². The molecule has 86 valence electrons. The fourth-order valence-corrected chi connectivity index (χ4v) is 1.28. The number of aromatic nitrogens is 2. The number of hydrogen-bond acceptors (Lipinski definition) is 5. The average Bonchev–Trinajstić information content (AvgIpc) is 2.32. The summed E-state index contributed by atoms with van der Waals surface area (Å²) >= 11 is 0. The lowest BCUT2D eigenvalue weighted by atomic mass is 10.3. The van der Waals surface area contributed by atoms with Crippen LogP contribution < -0.4 is 4.74 Å². The van der Waals surface area contributed by atoms with Crippen LogP contribution in [-0.2, 0) is 0 Å². The van der Waals surface area contributed by atoms with Crippen LogP contribution in [0.4, 0.5) is 5.69 Å². The van der Waals surface area contributed by atoms with Crippen LogP contribution in [0.1, 0.15) is 5.56 Å². The highest BCUT2D eigenvalue weighted by molar-refractivity contribution is 5.46. The molecule has 2 aromatic rings. The highest BCUT2D eigenvalue weighted by atomic mass is 16.6. The molecule has 0 unspecified atom stereocenters. The van der Waals surface area contributed by atoms with Crippen LogP contribution in [0.2, 0.25) is 0 Å². The lowest BCUT2D eigenvalue weighted by Crippen LogP contribution is -1.95. The van der Waals surface area contributed by atoms with Crippen LogP contribution >= 0.6 is 0 Å². The zero-order chi connectivity index (χ0) is 12.3. The second-order valence-electron chi connectivity index (χ2n) is 3.34. The Labute approximate surface area is 97.1 Å². The lowest BCUT2D eigenvalue weighted by Gasteiger charge is -2.07. The third-order valence-corrected chi connectivity index (χ3v) is 2.17. The van der Waals surface area contributed by atoms with E-state index in [4.69, 9.17) is 4.74 Å². The first-order valence-electron chi connectivity index (χ1n) is 4.85. The monoisotopic (exact) mass is 231 g/mol. The number of nitro groups is 1. The Morgan fingerprint density at radius 3 is 2.47 bits per heavy atom. The van der Waals surface area contributed by atoms with Gasteiger partial charge in [0.05, 0.1) is 17.3 Å². The molecule has 2 aromatic heterocycles. The van der Waals surface area contributed by atoms with Gasteiger partial charge in [0.15, 0.2) is 0 Å². The minimum absolute atomic E-state index is 0.105. The van der Waals surface area contributed by atoms with Crippen LogP contribution in [-0.4, -0.2) is 14.9 Å². The van der Waals surface area contributed by atoms with Crippen LogP contribution in [0.15, 0.2) is 36.9 Å². The molecule has 0 spiro atoms. The van der Waals surface area contributed by atoms with E-state index in [-0.39, 0.29) is 11.4 Å². The second-order valence-corrected chi connectivity index (χ2v) is 3.34. The molecular weight excluding hydrogens is 222 g/mol. The molecule has 0 amide bonds. The van der Waals surface area contributed by atoms with E-state index in [0.29, 0.717) is 5.75 Å². The number of hydrogen-bond donors (Lipinski definition) is 0. The van der Waals surface area contributed by atoms with Gasteiger partial charge in [0, 0.05) is 18.5 Å². The van der Waals surface area contributed by atoms with Gasteiger partial charge >= 0.3 is 5.69 Å². The number of pyridine rings is 2. The number of aryl methyl sites for hydroxylation is 1. The van der Waals surface area contributed by atoms with Crippen molar-refractivity contribution in [3.8, 4) is 11.5 Å². The van der Waals surface area contributed by atoms with Gasteiger partial charge in [-0.25, -0.2) is 0 Å². The molecule has 0 saturated carbocycles. The number of nitrogens with zero attached hydrogens (tertiary/aromatic N) is 3. The van der Waals surface area contributed by atoms with Crippen molar-refractivity contribution < 1.29 is 9.66 Å². The Morgan fingerprint density at radius 1 is 1.18 bits per heavy atom. The summed E-state index contributed by atoms with van der Waals surface area (Å²) in [5, 5.41) is 10.8. The highest BCUT2D eigenvalue weighted by Crippen LogP contribution is 2.30. The van der Waals surface area contributed by atoms with E-state index in [0.717, 1.165) is 5.56 Å². The lowest BCUT2D eigenvalue weighted by molar-refractivity contribution is -0.385. The summed E-state index contributed by atoms with van der Waals surface area (Å²) < 4.78 is 5.43. The van der Waals surface area contributed by atoms with Crippen molar-refractivity contribution in [3.63, 3.8) is 0 Å². The van der Waals surface area contributed by atoms with E-state index >= 15 is 0 Å². The summed E-state index contributed by atoms with van der Waals surface area (Å²) in [7, 11) is 0. The van der Waals surface area contributed by atoms with E-state index in [2.05, 4.69) is 9.97 Å². The summed E-state index contributed by atoms with van der Waals surface area (Å²) in [5.74, 6) is 0.581. The van der Waals surface area contributed by atoms with Crippen LogP contribution in [0.25, 0.3) is 0 Å². The third-order valence-electron chi connectivity index (χ3n) is 2.17. The van der Waals surface area contributed by atoms with Gasteiger partial charge < -0.3 is 4.74 Å². The van der Waals surface area contributed by atoms with Gasteiger partial charge in [-0.1, -0.05) is 0 Å². The smallest absolute Gasteiger partial charge is 0.314 e. The van der Waals surface area contributed by atoms with E-state index in [1.54, 1.807) is 12.3 Å². The first-order chi connectivity index (χ1) is 8.18. The molecule has 0 bridgehead atoms. The molecule has 17 heavy (non-hydrogen) atoms. The summed E-state index contributed by atoms with van der Waals surface area (Å²) in [6.07, 6.45) is 5.79. The van der Waals surface area contributed by atoms with Crippen molar-refractivity contribution in [2.24, 2.45) is 0 Å². The van der Waals surface area contributed by atoms with Crippen molar-refractivity contribution in [2.45, 2.75) is 6.92 Å². The fourth-order valence-electron chi connectivity index (χ4n) is 1.28. The van der Waals surface area contributed by atoms with Crippen LogP contribution in [0, 0.1) is 17.0 Å². The maximum absolute atomic E-state index is 10.8. The highest BCUT2D eigenvalue weighted by Gasteiger charge is 2.15. The second kappa shape index (κ2) is 4.56. The summed E-state index contributed by atoms with van der Waals surface area (Å²) in [6, 6.07) is 3.05. The molecular formula is C11H9N3O3. The standard InChI is InChI=1S/C11H9N3O3/c1-8-2-4-12-6-10(8)17-11-7-13-5-3-9(11)14(15)16/h2-7H,1H3. The minimum Gasteiger partial charge on any atom is -0.447 e. The first-order valence-corrected chi connectivity index (χ1v) is 4.85. The maximum atomic E-state index is 10.8. The van der Waals surface area contributed by atoms with Crippen molar-refractivity contribution in [1.29, 1.82) is 0 Å². The molecule has 0 N–H and O–H groups in total. The number of rotatable bonds is 3.